The second kappa shape index (κ2) is 10.9. The Morgan fingerprint density at radius 2 is 1.85 bits per heavy atom. The zero-order chi connectivity index (χ0) is 23.3. The van der Waals surface area contributed by atoms with Gasteiger partial charge in [0.1, 0.15) is 0 Å². The number of piperidine rings is 1. The van der Waals surface area contributed by atoms with Crippen LogP contribution in [0.25, 0.3) is 0 Å². The van der Waals surface area contributed by atoms with Gasteiger partial charge in [0.05, 0.1) is 17.6 Å². The van der Waals surface area contributed by atoms with Crippen LogP contribution in [-0.4, -0.2) is 48.2 Å². The second-order valence-electron chi connectivity index (χ2n) is 10.7. The number of nitrogens with zero attached hydrogens (tertiary/aromatic N) is 2. The van der Waals surface area contributed by atoms with Gasteiger partial charge in [-0.25, -0.2) is 0 Å². The van der Waals surface area contributed by atoms with Crippen molar-refractivity contribution in [2.24, 2.45) is 5.92 Å². The predicted octanol–water partition coefficient (Wildman–Crippen LogP) is 4.46. The Morgan fingerprint density at radius 1 is 1.03 bits per heavy atom. The van der Waals surface area contributed by atoms with Gasteiger partial charge in [0, 0.05) is 50.7 Å². The van der Waals surface area contributed by atoms with Crippen molar-refractivity contribution in [2.45, 2.75) is 76.5 Å². The molecule has 2 fully saturated rings. The van der Waals surface area contributed by atoms with Crippen LogP contribution in [0.15, 0.2) is 60.7 Å². The van der Waals surface area contributed by atoms with Crippen LogP contribution < -0.4 is 16.0 Å². The van der Waals surface area contributed by atoms with Crippen molar-refractivity contribution in [1.82, 2.24) is 25.8 Å². The number of allylic oxidation sites excluding steroid dienone is 1. The van der Waals surface area contributed by atoms with Crippen molar-refractivity contribution in [3.8, 4) is 0 Å². The monoisotopic (exact) mass is 461 g/mol. The average molecular weight is 462 g/mol. The van der Waals surface area contributed by atoms with Gasteiger partial charge in [-0.2, -0.15) is 0 Å². The van der Waals surface area contributed by atoms with E-state index in [0.29, 0.717) is 18.1 Å². The number of rotatable bonds is 9. The van der Waals surface area contributed by atoms with Crippen molar-refractivity contribution >= 4 is 0 Å². The Balaban J connectivity index is 1.03. The lowest BCUT2D eigenvalue weighted by Gasteiger charge is -2.38. The minimum atomic E-state index is 0.406. The molecule has 184 valence electrons. The van der Waals surface area contributed by atoms with E-state index in [9.17, 15) is 0 Å². The van der Waals surface area contributed by atoms with E-state index in [1.165, 1.54) is 68.3 Å². The number of fused-ring (bicyclic) bond motifs is 2. The molecule has 0 spiro atoms. The van der Waals surface area contributed by atoms with Gasteiger partial charge in [0.25, 0.3) is 0 Å². The highest BCUT2D eigenvalue weighted by molar-refractivity contribution is 5.30. The standard InChI is InChI=1S/C29H43N5/c1-22(24-9-4-3-5-10-24)31-27-13-14-29-32-28(21-34(29)20-27)23(2)30-16-8-17-33-18-15-25-11-6-7-12-26(25)19-33/h6-7,11-12,21,24,27,29-32H,1-5,8-10,13-20H2. The van der Waals surface area contributed by atoms with Crippen LogP contribution in [0, 0.1) is 5.92 Å². The van der Waals surface area contributed by atoms with Crippen LogP contribution in [0.5, 0.6) is 0 Å². The topological polar surface area (TPSA) is 42.6 Å². The predicted molar refractivity (Wildman–Crippen MR) is 141 cm³/mol. The molecule has 0 amide bonds. The summed E-state index contributed by atoms with van der Waals surface area (Å²) in [5.74, 6) is 0.679. The molecule has 1 saturated carbocycles. The van der Waals surface area contributed by atoms with Crippen molar-refractivity contribution in [3.63, 3.8) is 0 Å². The fourth-order valence-corrected chi connectivity index (χ4v) is 6.17. The van der Waals surface area contributed by atoms with E-state index in [1.807, 2.05) is 0 Å². The molecule has 3 N–H and O–H groups in total. The van der Waals surface area contributed by atoms with E-state index >= 15 is 0 Å². The third kappa shape index (κ3) is 5.63. The molecule has 2 atom stereocenters. The summed E-state index contributed by atoms with van der Waals surface area (Å²) in [6.45, 7) is 14.1. The number of benzene rings is 1. The van der Waals surface area contributed by atoms with Gasteiger partial charge in [0.2, 0.25) is 0 Å². The summed E-state index contributed by atoms with van der Waals surface area (Å²) in [6, 6.07) is 9.38. The maximum atomic E-state index is 4.40. The zero-order valence-electron chi connectivity index (χ0n) is 20.8. The summed E-state index contributed by atoms with van der Waals surface area (Å²) in [4.78, 5) is 5.04. The molecule has 1 aromatic carbocycles. The molecule has 3 heterocycles. The second-order valence-corrected chi connectivity index (χ2v) is 10.7. The molecule has 1 aromatic rings. The van der Waals surface area contributed by atoms with Crippen molar-refractivity contribution in [3.05, 3.63) is 71.8 Å². The molecule has 1 saturated heterocycles. The third-order valence-electron chi connectivity index (χ3n) is 8.25. The summed E-state index contributed by atoms with van der Waals surface area (Å²) in [6.07, 6.45) is 14.1. The first-order valence-electron chi connectivity index (χ1n) is 13.6. The van der Waals surface area contributed by atoms with Crippen LogP contribution >= 0.6 is 0 Å². The van der Waals surface area contributed by atoms with E-state index in [1.54, 1.807) is 0 Å². The van der Waals surface area contributed by atoms with Crippen LogP contribution in [0.1, 0.15) is 62.5 Å². The van der Waals surface area contributed by atoms with E-state index in [4.69, 9.17) is 0 Å². The molecule has 5 nitrogen and oxygen atoms in total. The summed E-state index contributed by atoms with van der Waals surface area (Å²) in [5, 5.41) is 11.1. The first-order valence-corrected chi connectivity index (χ1v) is 13.6. The molecule has 0 aromatic heterocycles. The van der Waals surface area contributed by atoms with Crippen molar-refractivity contribution in [1.29, 1.82) is 0 Å². The average Bonchev–Trinajstić information content (AvgIpc) is 3.30. The summed E-state index contributed by atoms with van der Waals surface area (Å²) >= 11 is 0. The zero-order valence-corrected chi connectivity index (χ0v) is 20.8. The smallest absolute Gasteiger partial charge is 0.0988 e. The SMILES string of the molecule is C=C(NCCCN1CCc2ccccc2C1)C1=CN2CC(NC(=C)C3CCCCC3)CCC2N1. The highest BCUT2D eigenvalue weighted by atomic mass is 15.3. The van der Waals surface area contributed by atoms with Crippen LogP contribution in [0.2, 0.25) is 0 Å². The van der Waals surface area contributed by atoms with Gasteiger partial charge in [-0.05, 0) is 55.6 Å². The number of hydrogen-bond acceptors (Lipinski definition) is 5. The molecule has 0 bridgehead atoms. The minimum Gasteiger partial charge on any atom is -0.384 e. The van der Waals surface area contributed by atoms with Gasteiger partial charge in [-0.15, -0.1) is 0 Å². The summed E-state index contributed by atoms with van der Waals surface area (Å²) < 4.78 is 0. The number of hydrogen-bond donors (Lipinski definition) is 3. The first kappa shape index (κ1) is 23.3. The Bertz CT molecular complexity index is 900. The van der Waals surface area contributed by atoms with E-state index < -0.39 is 0 Å². The minimum absolute atomic E-state index is 0.406. The van der Waals surface area contributed by atoms with Gasteiger partial charge in [-0.1, -0.05) is 56.7 Å². The van der Waals surface area contributed by atoms with Crippen molar-refractivity contribution in [2.75, 3.05) is 26.2 Å². The Morgan fingerprint density at radius 3 is 2.71 bits per heavy atom. The molecule has 3 aliphatic heterocycles. The Kier molecular flexibility index (Phi) is 7.48. The largest absolute Gasteiger partial charge is 0.384 e. The van der Waals surface area contributed by atoms with E-state index in [0.717, 1.165) is 50.4 Å². The van der Waals surface area contributed by atoms with Crippen LogP contribution in [0.4, 0.5) is 0 Å². The number of nitrogens with one attached hydrogen (secondary N) is 3. The lowest BCUT2D eigenvalue weighted by atomic mass is 9.87. The lowest BCUT2D eigenvalue weighted by molar-refractivity contribution is 0.180. The van der Waals surface area contributed by atoms with Gasteiger partial charge in [-0.3, -0.25) is 4.90 Å². The quantitative estimate of drug-likeness (QED) is 0.474. The molecule has 2 unspecified atom stereocenters. The molecule has 1 aliphatic carbocycles. The van der Waals surface area contributed by atoms with Crippen LogP contribution in [-0.2, 0) is 13.0 Å². The molecule has 5 heteroatoms. The molecular weight excluding hydrogens is 418 g/mol. The molecule has 4 aliphatic rings. The fourth-order valence-electron chi connectivity index (χ4n) is 6.17. The Hall–Kier alpha value is -2.40. The lowest BCUT2D eigenvalue weighted by Crippen LogP contribution is -2.50. The normalized spacial score (nSPS) is 25.1. The molecule has 5 rings (SSSR count). The molecule has 0 radical (unpaired) electrons. The summed E-state index contributed by atoms with van der Waals surface area (Å²) in [5.41, 5.74) is 6.48. The maximum absolute atomic E-state index is 4.40. The van der Waals surface area contributed by atoms with Crippen LogP contribution in [0.3, 0.4) is 0 Å². The highest BCUT2D eigenvalue weighted by Crippen LogP contribution is 2.30. The first-order chi connectivity index (χ1) is 16.7. The molecule has 34 heavy (non-hydrogen) atoms. The van der Waals surface area contributed by atoms with Gasteiger partial charge in [0.15, 0.2) is 0 Å². The fraction of sp³-hybridized carbons (Fsp3) is 0.586. The third-order valence-corrected chi connectivity index (χ3v) is 8.25. The highest BCUT2D eigenvalue weighted by Gasteiger charge is 2.32. The molecular formula is C29H43N5. The van der Waals surface area contributed by atoms with Gasteiger partial charge >= 0.3 is 0 Å². The van der Waals surface area contributed by atoms with E-state index in [2.05, 4.69) is 69.4 Å². The maximum Gasteiger partial charge on any atom is 0.0988 e. The Labute approximate surface area is 206 Å². The summed E-state index contributed by atoms with van der Waals surface area (Å²) in [7, 11) is 0. The van der Waals surface area contributed by atoms with Gasteiger partial charge < -0.3 is 20.9 Å². The van der Waals surface area contributed by atoms with Crippen molar-refractivity contribution < 1.29 is 0 Å². The van der Waals surface area contributed by atoms with E-state index in [-0.39, 0.29) is 0 Å².